The van der Waals surface area contributed by atoms with Crippen LogP contribution in [0.4, 0.5) is 11.4 Å². The highest BCUT2D eigenvalue weighted by Crippen LogP contribution is 2.23. The van der Waals surface area contributed by atoms with Gasteiger partial charge in [-0.25, -0.2) is 0 Å². The van der Waals surface area contributed by atoms with Gasteiger partial charge < -0.3 is 26.6 Å². The Bertz CT molecular complexity index is 660. The zero-order valence-electron chi connectivity index (χ0n) is 16.8. The second-order valence-electron chi connectivity index (χ2n) is 7.78. The van der Waals surface area contributed by atoms with E-state index in [1.54, 1.807) is 6.07 Å². The second-order valence-corrected chi connectivity index (χ2v) is 7.78. The topological polar surface area (TPSA) is 99.5 Å². The summed E-state index contributed by atoms with van der Waals surface area (Å²) in [5, 5.41) is 8.99. The minimum Gasteiger partial charge on any atom is -0.398 e. The molecule has 1 aromatic rings. The summed E-state index contributed by atoms with van der Waals surface area (Å²) in [6.45, 7) is 10.9. The SMILES string of the molecule is CC(C)NC(=O)CNC(=O)c1cc(N2CCCN[C@H](C(C)C)C2)ccc1N. The number of anilines is 2. The third-order valence-electron chi connectivity index (χ3n) is 4.74. The summed E-state index contributed by atoms with van der Waals surface area (Å²) in [4.78, 5) is 26.6. The van der Waals surface area contributed by atoms with Gasteiger partial charge in [0.05, 0.1) is 12.1 Å². The Morgan fingerprint density at radius 3 is 2.70 bits per heavy atom. The Labute approximate surface area is 162 Å². The molecule has 0 spiro atoms. The lowest BCUT2D eigenvalue weighted by molar-refractivity contribution is -0.120. The molecule has 0 aromatic heterocycles. The molecule has 2 amide bonds. The highest BCUT2D eigenvalue weighted by molar-refractivity contribution is 6.01. The van der Waals surface area contributed by atoms with E-state index in [0.717, 1.165) is 31.7 Å². The summed E-state index contributed by atoms with van der Waals surface area (Å²) in [6.07, 6.45) is 1.05. The van der Waals surface area contributed by atoms with Gasteiger partial charge >= 0.3 is 0 Å². The van der Waals surface area contributed by atoms with Crippen molar-refractivity contribution in [1.82, 2.24) is 16.0 Å². The van der Waals surface area contributed by atoms with Gasteiger partial charge in [0.25, 0.3) is 5.91 Å². The number of hydrogen-bond donors (Lipinski definition) is 4. The number of rotatable bonds is 6. The van der Waals surface area contributed by atoms with E-state index in [-0.39, 0.29) is 24.4 Å². The van der Waals surface area contributed by atoms with E-state index in [9.17, 15) is 9.59 Å². The number of nitrogens with one attached hydrogen (secondary N) is 3. The van der Waals surface area contributed by atoms with Gasteiger partial charge in [0.2, 0.25) is 5.91 Å². The normalized spacial score (nSPS) is 17.7. The molecule has 1 fully saturated rings. The van der Waals surface area contributed by atoms with Crippen molar-refractivity contribution in [3.05, 3.63) is 23.8 Å². The van der Waals surface area contributed by atoms with Crippen molar-refractivity contribution in [2.75, 3.05) is 36.8 Å². The molecule has 150 valence electrons. The zero-order chi connectivity index (χ0) is 20.0. The zero-order valence-corrected chi connectivity index (χ0v) is 16.8. The first-order valence-electron chi connectivity index (χ1n) is 9.73. The molecule has 1 aliphatic rings. The molecular formula is C20H33N5O2. The quantitative estimate of drug-likeness (QED) is 0.563. The molecule has 2 rings (SSSR count). The summed E-state index contributed by atoms with van der Waals surface area (Å²) in [6, 6.07) is 5.99. The number of nitrogen functional groups attached to an aromatic ring is 1. The fraction of sp³-hybridized carbons (Fsp3) is 0.600. The molecule has 7 heteroatoms. The van der Waals surface area contributed by atoms with Crippen molar-refractivity contribution >= 4 is 23.2 Å². The lowest BCUT2D eigenvalue weighted by Crippen LogP contribution is -2.41. The Kier molecular flexibility index (Phi) is 7.47. The van der Waals surface area contributed by atoms with E-state index in [4.69, 9.17) is 5.73 Å². The standard InChI is InChI=1S/C20H33N5O2/c1-13(2)18-12-25(9-5-8-22-18)15-6-7-17(21)16(10-15)20(27)23-11-19(26)24-14(3)4/h6-7,10,13-14,18,22H,5,8-9,11-12,21H2,1-4H3,(H,23,27)(H,24,26)/t18-/m0/s1. The first kappa shape index (κ1) is 21.0. The van der Waals surface area contributed by atoms with E-state index >= 15 is 0 Å². The molecule has 1 atom stereocenters. The van der Waals surface area contributed by atoms with Gasteiger partial charge in [-0.15, -0.1) is 0 Å². The van der Waals surface area contributed by atoms with Crippen LogP contribution in [0.25, 0.3) is 0 Å². The number of carbonyl (C=O) groups excluding carboxylic acids is 2. The van der Waals surface area contributed by atoms with Crippen LogP contribution in [-0.4, -0.2) is 50.1 Å². The minimum atomic E-state index is -0.332. The van der Waals surface area contributed by atoms with Crippen molar-refractivity contribution < 1.29 is 9.59 Å². The van der Waals surface area contributed by atoms with E-state index in [1.165, 1.54) is 0 Å². The van der Waals surface area contributed by atoms with Crippen LogP contribution in [0.1, 0.15) is 44.5 Å². The first-order valence-corrected chi connectivity index (χ1v) is 9.73. The van der Waals surface area contributed by atoms with E-state index in [0.29, 0.717) is 23.2 Å². The van der Waals surface area contributed by atoms with Gasteiger partial charge in [-0.05, 0) is 50.9 Å². The van der Waals surface area contributed by atoms with Crippen LogP contribution in [0.5, 0.6) is 0 Å². The number of carbonyl (C=O) groups is 2. The molecular weight excluding hydrogens is 342 g/mol. The van der Waals surface area contributed by atoms with Crippen LogP contribution in [-0.2, 0) is 4.79 Å². The first-order chi connectivity index (χ1) is 12.8. The molecule has 1 saturated heterocycles. The molecule has 27 heavy (non-hydrogen) atoms. The van der Waals surface area contributed by atoms with Crippen LogP contribution in [0.15, 0.2) is 18.2 Å². The van der Waals surface area contributed by atoms with E-state index in [2.05, 4.69) is 34.7 Å². The van der Waals surface area contributed by atoms with E-state index < -0.39 is 0 Å². The maximum absolute atomic E-state index is 12.5. The fourth-order valence-corrected chi connectivity index (χ4v) is 3.20. The smallest absolute Gasteiger partial charge is 0.253 e. The molecule has 1 aliphatic heterocycles. The molecule has 0 aliphatic carbocycles. The highest BCUT2D eigenvalue weighted by Gasteiger charge is 2.22. The average molecular weight is 376 g/mol. The predicted molar refractivity (Wildman–Crippen MR) is 110 cm³/mol. The number of nitrogens with zero attached hydrogens (tertiary/aromatic N) is 1. The van der Waals surface area contributed by atoms with Gasteiger partial charge in [-0.2, -0.15) is 0 Å². The van der Waals surface area contributed by atoms with Crippen LogP contribution in [0.2, 0.25) is 0 Å². The predicted octanol–water partition coefficient (Wildman–Crippen LogP) is 1.35. The van der Waals surface area contributed by atoms with Crippen molar-refractivity contribution in [1.29, 1.82) is 0 Å². The summed E-state index contributed by atoms with van der Waals surface area (Å²) in [7, 11) is 0. The molecule has 1 aromatic carbocycles. The number of nitrogens with two attached hydrogens (primary N) is 1. The van der Waals surface area contributed by atoms with Gasteiger partial charge in [0, 0.05) is 36.5 Å². The maximum atomic E-state index is 12.5. The van der Waals surface area contributed by atoms with Crippen molar-refractivity contribution in [2.24, 2.45) is 5.92 Å². The van der Waals surface area contributed by atoms with E-state index in [1.807, 2.05) is 26.0 Å². The summed E-state index contributed by atoms with van der Waals surface area (Å²) in [5.74, 6) is -0.0188. The lowest BCUT2D eigenvalue weighted by Gasteiger charge is -2.29. The van der Waals surface area contributed by atoms with Crippen LogP contribution < -0.4 is 26.6 Å². The van der Waals surface area contributed by atoms with Gasteiger partial charge in [0.1, 0.15) is 0 Å². The Morgan fingerprint density at radius 1 is 1.30 bits per heavy atom. The summed E-state index contributed by atoms with van der Waals surface area (Å²) in [5.41, 5.74) is 7.82. The van der Waals surface area contributed by atoms with Crippen molar-refractivity contribution in [3.63, 3.8) is 0 Å². The Morgan fingerprint density at radius 2 is 2.04 bits per heavy atom. The number of benzene rings is 1. The lowest BCUT2D eigenvalue weighted by atomic mass is 10.0. The molecule has 0 unspecified atom stereocenters. The number of hydrogen-bond acceptors (Lipinski definition) is 5. The van der Waals surface area contributed by atoms with Gasteiger partial charge in [0.15, 0.2) is 0 Å². The van der Waals surface area contributed by atoms with Crippen molar-refractivity contribution in [3.8, 4) is 0 Å². The minimum absolute atomic E-state index is 0.0355. The second kappa shape index (κ2) is 9.60. The fourth-order valence-electron chi connectivity index (χ4n) is 3.20. The average Bonchev–Trinajstić information content (AvgIpc) is 2.86. The summed E-state index contributed by atoms with van der Waals surface area (Å²) < 4.78 is 0. The van der Waals surface area contributed by atoms with Crippen LogP contribution in [0, 0.1) is 5.92 Å². The highest BCUT2D eigenvalue weighted by atomic mass is 16.2. The van der Waals surface area contributed by atoms with Gasteiger partial charge in [-0.3, -0.25) is 9.59 Å². The molecule has 0 saturated carbocycles. The molecule has 0 radical (unpaired) electrons. The monoisotopic (exact) mass is 375 g/mol. The van der Waals surface area contributed by atoms with Crippen molar-refractivity contribution in [2.45, 2.75) is 46.2 Å². The third-order valence-corrected chi connectivity index (χ3v) is 4.74. The molecule has 0 bridgehead atoms. The molecule has 5 N–H and O–H groups in total. The largest absolute Gasteiger partial charge is 0.398 e. The number of amides is 2. The van der Waals surface area contributed by atoms with Crippen LogP contribution in [0.3, 0.4) is 0 Å². The Hall–Kier alpha value is -2.28. The molecule has 7 nitrogen and oxygen atoms in total. The molecule has 1 heterocycles. The summed E-state index contributed by atoms with van der Waals surface area (Å²) >= 11 is 0. The maximum Gasteiger partial charge on any atom is 0.253 e. The third kappa shape index (κ3) is 6.13. The van der Waals surface area contributed by atoms with Crippen LogP contribution >= 0.6 is 0 Å². The van der Waals surface area contributed by atoms with Gasteiger partial charge in [-0.1, -0.05) is 13.8 Å². The Balaban J connectivity index is 2.10.